The molecular formula is C17H21N3O4. The lowest BCUT2D eigenvalue weighted by atomic mass is 9.75. The summed E-state index contributed by atoms with van der Waals surface area (Å²) < 4.78 is 10.2. The van der Waals surface area contributed by atoms with E-state index >= 15 is 0 Å². The highest BCUT2D eigenvalue weighted by Crippen LogP contribution is 2.38. The van der Waals surface area contributed by atoms with Crippen molar-refractivity contribution in [3.63, 3.8) is 0 Å². The average molecular weight is 331 g/mol. The Kier molecular flexibility index (Phi) is 4.80. The van der Waals surface area contributed by atoms with Crippen molar-refractivity contribution in [2.24, 2.45) is 5.92 Å². The second kappa shape index (κ2) is 7.00. The van der Waals surface area contributed by atoms with Crippen molar-refractivity contribution in [3.8, 4) is 5.88 Å². The number of hydrogen-bond donors (Lipinski definition) is 2. The van der Waals surface area contributed by atoms with Crippen LogP contribution >= 0.6 is 0 Å². The third-order valence-corrected chi connectivity index (χ3v) is 4.28. The molecule has 0 aliphatic heterocycles. The smallest absolute Gasteiger partial charge is 0.228 e. The van der Waals surface area contributed by atoms with E-state index in [2.05, 4.69) is 15.5 Å². The van der Waals surface area contributed by atoms with Crippen molar-refractivity contribution in [2.75, 3.05) is 7.11 Å². The monoisotopic (exact) mass is 331 g/mol. The minimum atomic E-state index is -0.294. The molecule has 1 saturated carbocycles. The predicted octanol–water partition coefficient (Wildman–Crippen LogP) is 1.56. The molecule has 1 atom stereocenters. The lowest BCUT2D eigenvalue weighted by molar-refractivity contribution is -0.122. The number of rotatable bonds is 6. The van der Waals surface area contributed by atoms with E-state index in [1.165, 1.54) is 0 Å². The van der Waals surface area contributed by atoms with Crippen LogP contribution in [0.15, 0.2) is 28.9 Å². The number of carbonyl (C=O) groups excluding carboxylic acids is 1. The van der Waals surface area contributed by atoms with Crippen LogP contribution in [0, 0.1) is 12.8 Å². The van der Waals surface area contributed by atoms with Crippen LogP contribution in [0.5, 0.6) is 5.88 Å². The molecule has 2 N–H and O–H groups in total. The van der Waals surface area contributed by atoms with Gasteiger partial charge in [-0.05, 0) is 31.2 Å². The molecule has 1 aliphatic rings. The van der Waals surface area contributed by atoms with Crippen LogP contribution in [-0.2, 0) is 11.2 Å². The molecule has 3 rings (SSSR count). The number of pyridine rings is 1. The lowest BCUT2D eigenvalue weighted by Gasteiger charge is -2.38. The molecule has 0 saturated heterocycles. The first-order chi connectivity index (χ1) is 11.5. The van der Waals surface area contributed by atoms with Crippen LogP contribution in [0.4, 0.5) is 0 Å². The fraction of sp³-hybridized carbons (Fsp3) is 0.471. The molecular weight excluding hydrogens is 310 g/mol. The maximum absolute atomic E-state index is 12.3. The van der Waals surface area contributed by atoms with Gasteiger partial charge in [-0.15, -0.1) is 0 Å². The molecule has 0 aromatic carbocycles. The normalized spacial score (nSPS) is 21.0. The van der Waals surface area contributed by atoms with E-state index in [9.17, 15) is 9.90 Å². The summed E-state index contributed by atoms with van der Waals surface area (Å²) in [6, 6.07) is 5.21. The number of nitrogens with one attached hydrogen (secondary N) is 1. The van der Waals surface area contributed by atoms with Gasteiger partial charge in [0.2, 0.25) is 11.8 Å². The highest BCUT2D eigenvalue weighted by molar-refractivity contribution is 5.78. The Morgan fingerprint density at radius 3 is 2.83 bits per heavy atom. The third kappa shape index (κ3) is 3.73. The van der Waals surface area contributed by atoms with Gasteiger partial charge >= 0.3 is 0 Å². The average Bonchev–Trinajstić information content (AvgIpc) is 2.95. The molecule has 2 aromatic rings. The first-order valence-corrected chi connectivity index (χ1v) is 7.94. The van der Waals surface area contributed by atoms with Gasteiger partial charge in [0.25, 0.3) is 0 Å². The van der Waals surface area contributed by atoms with Crippen LogP contribution in [-0.4, -0.2) is 34.4 Å². The SMILES string of the molecule is COc1ccc([C@H](NC(=O)Cc2cc(C)no2)C2CC(O)C2)cn1. The molecule has 24 heavy (non-hydrogen) atoms. The largest absolute Gasteiger partial charge is 0.481 e. The van der Waals surface area contributed by atoms with Gasteiger partial charge in [0.05, 0.1) is 31.4 Å². The Labute approximate surface area is 140 Å². The molecule has 1 fully saturated rings. The Balaban J connectivity index is 1.70. The molecule has 7 heteroatoms. The summed E-state index contributed by atoms with van der Waals surface area (Å²) in [4.78, 5) is 16.6. The zero-order chi connectivity index (χ0) is 17.1. The Bertz CT molecular complexity index is 692. The molecule has 2 aromatic heterocycles. The van der Waals surface area contributed by atoms with Crippen LogP contribution in [0.1, 0.15) is 35.9 Å². The van der Waals surface area contributed by atoms with Crippen molar-refractivity contribution in [3.05, 3.63) is 41.4 Å². The summed E-state index contributed by atoms with van der Waals surface area (Å²) in [5.74, 6) is 1.10. The van der Waals surface area contributed by atoms with E-state index in [0.29, 0.717) is 24.5 Å². The number of aryl methyl sites for hydroxylation is 1. The van der Waals surface area contributed by atoms with E-state index in [1.54, 1.807) is 25.4 Å². The van der Waals surface area contributed by atoms with Crippen molar-refractivity contribution >= 4 is 5.91 Å². The molecule has 1 amide bonds. The predicted molar refractivity (Wildman–Crippen MR) is 85.3 cm³/mol. The first-order valence-electron chi connectivity index (χ1n) is 7.94. The van der Waals surface area contributed by atoms with E-state index in [0.717, 1.165) is 11.3 Å². The number of nitrogens with zero attached hydrogens (tertiary/aromatic N) is 2. The van der Waals surface area contributed by atoms with Gasteiger partial charge in [0.15, 0.2) is 0 Å². The van der Waals surface area contributed by atoms with Gasteiger partial charge in [-0.25, -0.2) is 4.98 Å². The van der Waals surface area contributed by atoms with E-state index < -0.39 is 0 Å². The number of aliphatic hydroxyl groups is 1. The molecule has 7 nitrogen and oxygen atoms in total. The van der Waals surface area contributed by atoms with Gasteiger partial charge < -0.3 is 19.7 Å². The number of ether oxygens (including phenoxy) is 1. The molecule has 1 aliphatic carbocycles. The number of aliphatic hydroxyl groups excluding tert-OH is 1. The molecule has 0 radical (unpaired) electrons. The van der Waals surface area contributed by atoms with Crippen LogP contribution in [0.25, 0.3) is 0 Å². The Morgan fingerprint density at radius 1 is 1.50 bits per heavy atom. The number of aromatic nitrogens is 2. The summed E-state index contributed by atoms with van der Waals surface area (Å²) in [5, 5.41) is 16.4. The highest BCUT2D eigenvalue weighted by atomic mass is 16.5. The molecule has 2 heterocycles. The number of amides is 1. The minimum absolute atomic E-state index is 0.135. The van der Waals surface area contributed by atoms with Crippen LogP contribution in [0.2, 0.25) is 0 Å². The van der Waals surface area contributed by atoms with Crippen molar-refractivity contribution < 1.29 is 19.2 Å². The van der Waals surface area contributed by atoms with Gasteiger partial charge in [-0.1, -0.05) is 11.2 Å². The van der Waals surface area contributed by atoms with Gasteiger partial charge in [-0.2, -0.15) is 0 Å². The quantitative estimate of drug-likeness (QED) is 0.833. The van der Waals surface area contributed by atoms with Crippen molar-refractivity contribution in [1.82, 2.24) is 15.5 Å². The Morgan fingerprint density at radius 2 is 2.29 bits per heavy atom. The third-order valence-electron chi connectivity index (χ3n) is 4.28. The molecule has 0 bridgehead atoms. The van der Waals surface area contributed by atoms with E-state index in [1.807, 2.05) is 13.0 Å². The van der Waals surface area contributed by atoms with Gasteiger partial charge in [0.1, 0.15) is 5.76 Å². The lowest BCUT2D eigenvalue weighted by Crippen LogP contribution is -2.41. The van der Waals surface area contributed by atoms with Gasteiger partial charge in [-0.3, -0.25) is 4.79 Å². The minimum Gasteiger partial charge on any atom is -0.481 e. The Hall–Kier alpha value is -2.41. The second-order valence-corrected chi connectivity index (χ2v) is 6.18. The summed E-state index contributed by atoms with van der Waals surface area (Å²) in [7, 11) is 1.56. The first kappa shape index (κ1) is 16.4. The fourth-order valence-electron chi connectivity index (χ4n) is 2.95. The molecule has 128 valence electrons. The summed E-state index contributed by atoms with van der Waals surface area (Å²) in [6.45, 7) is 1.81. The summed E-state index contributed by atoms with van der Waals surface area (Å²) in [6.07, 6.45) is 2.87. The van der Waals surface area contributed by atoms with Crippen molar-refractivity contribution in [2.45, 2.75) is 38.3 Å². The highest BCUT2D eigenvalue weighted by Gasteiger charge is 2.36. The maximum atomic E-state index is 12.3. The second-order valence-electron chi connectivity index (χ2n) is 6.18. The van der Waals surface area contributed by atoms with Crippen LogP contribution < -0.4 is 10.1 Å². The zero-order valence-electron chi connectivity index (χ0n) is 13.7. The van der Waals surface area contributed by atoms with Crippen LogP contribution in [0.3, 0.4) is 0 Å². The van der Waals surface area contributed by atoms with Crippen molar-refractivity contribution in [1.29, 1.82) is 0 Å². The van der Waals surface area contributed by atoms with E-state index in [-0.39, 0.29) is 30.4 Å². The topological polar surface area (TPSA) is 97.5 Å². The molecule has 0 spiro atoms. The fourth-order valence-corrected chi connectivity index (χ4v) is 2.95. The molecule has 0 unspecified atom stereocenters. The van der Waals surface area contributed by atoms with Gasteiger partial charge in [0, 0.05) is 18.3 Å². The standard InChI is InChI=1S/C17H21N3O4/c1-10-5-14(24-20-10)8-15(22)19-17(12-6-13(21)7-12)11-3-4-16(23-2)18-9-11/h3-5,9,12-13,17,21H,6-8H2,1-2H3,(H,19,22)/t12?,13?,17-/m0/s1. The number of carbonyl (C=O) groups is 1. The number of hydrogen-bond acceptors (Lipinski definition) is 6. The van der Waals surface area contributed by atoms with E-state index in [4.69, 9.17) is 9.26 Å². The summed E-state index contributed by atoms with van der Waals surface area (Å²) in [5.41, 5.74) is 1.64. The summed E-state index contributed by atoms with van der Waals surface area (Å²) >= 11 is 0. The zero-order valence-corrected chi connectivity index (χ0v) is 13.7. The maximum Gasteiger partial charge on any atom is 0.228 e. The number of methoxy groups -OCH3 is 1.